The van der Waals surface area contributed by atoms with Crippen LogP contribution >= 0.6 is 0 Å². The van der Waals surface area contributed by atoms with Crippen molar-refractivity contribution in [1.82, 2.24) is 0 Å². The summed E-state index contributed by atoms with van der Waals surface area (Å²) < 4.78 is 11.0. The SMILES string of the molecule is COc1ccc2ccccc2c1C(=O)OCCCCCCCCCCCCCCCC(C)C. The number of unbranched alkanes of at least 4 members (excludes halogenated alkanes) is 12. The molecule has 0 aromatic heterocycles. The minimum atomic E-state index is -0.288. The van der Waals surface area contributed by atoms with E-state index >= 15 is 0 Å². The molecule has 2 aromatic rings. The Labute approximate surface area is 202 Å². The standard InChI is InChI=1S/C30H46O3/c1-25(2)19-15-13-11-9-7-5-4-6-8-10-12-14-18-24-33-30(31)29-27-21-17-16-20-26(27)22-23-28(29)32-3/h16-17,20-23,25H,4-15,18-19,24H2,1-3H3. The molecule has 0 aliphatic carbocycles. The average Bonchev–Trinajstić information content (AvgIpc) is 2.82. The predicted molar refractivity (Wildman–Crippen MR) is 140 cm³/mol. The van der Waals surface area contributed by atoms with Crippen LogP contribution in [0.3, 0.4) is 0 Å². The van der Waals surface area contributed by atoms with E-state index in [9.17, 15) is 4.79 Å². The van der Waals surface area contributed by atoms with Crippen LogP contribution in [0.25, 0.3) is 10.8 Å². The number of methoxy groups -OCH3 is 1. The van der Waals surface area contributed by atoms with Crippen LogP contribution in [0.4, 0.5) is 0 Å². The van der Waals surface area contributed by atoms with Gasteiger partial charge in [0, 0.05) is 0 Å². The molecule has 3 heteroatoms. The number of hydrogen-bond donors (Lipinski definition) is 0. The summed E-state index contributed by atoms with van der Waals surface area (Å²) in [6.45, 7) is 5.11. The fraction of sp³-hybridized carbons (Fsp3) is 0.633. The third kappa shape index (κ3) is 10.6. The summed E-state index contributed by atoms with van der Waals surface area (Å²) in [5.74, 6) is 1.15. The summed E-state index contributed by atoms with van der Waals surface area (Å²) in [4.78, 5) is 12.7. The van der Waals surface area contributed by atoms with E-state index in [4.69, 9.17) is 9.47 Å². The van der Waals surface area contributed by atoms with Gasteiger partial charge in [0.2, 0.25) is 0 Å². The maximum atomic E-state index is 12.7. The number of hydrogen-bond acceptors (Lipinski definition) is 3. The monoisotopic (exact) mass is 454 g/mol. The lowest BCUT2D eigenvalue weighted by molar-refractivity contribution is 0.0496. The Balaban J connectivity index is 1.48. The molecule has 0 unspecified atom stereocenters. The van der Waals surface area contributed by atoms with E-state index in [1.165, 1.54) is 77.0 Å². The molecule has 33 heavy (non-hydrogen) atoms. The first-order valence-corrected chi connectivity index (χ1v) is 13.4. The van der Waals surface area contributed by atoms with Crippen molar-refractivity contribution in [2.24, 2.45) is 5.92 Å². The van der Waals surface area contributed by atoms with Crippen molar-refractivity contribution >= 4 is 16.7 Å². The molecule has 0 aliphatic heterocycles. The Morgan fingerprint density at radius 2 is 1.27 bits per heavy atom. The van der Waals surface area contributed by atoms with Crippen molar-refractivity contribution in [2.75, 3.05) is 13.7 Å². The summed E-state index contributed by atoms with van der Waals surface area (Å²) in [5.41, 5.74) is 0.533. The topological polar surface area (TPSA) is 35.5 Å². The number of rotatable bonds is 18. The van der Waals surface area contributed by atoms with E-state index in [0.717, 1.165) is 29.5 Å². The van der Waals surface area contributed by atoms with Crippen molar-refractivity contribution in [3.63, 3.8) is 0 Å². The zero-order chi connectivity index (χ0) is 23.7. The molecule has 2 aromatic carbocycles. The van der Waals surface area contributed by atoms with Gasteiger partial charge in [-0.05, 0) is 29.2 Å². The quantitative estimate of drug-likeness (QED) is 0.166. The van der Waals surface area contributed by atoms with Gasteiger partial charge in [-0.1, -0.05) is 128 Å². The van der Waals surface area contributed by atoms with Crippen molar-refractivity contribution in [1.29, 1.82) is 0 Å². The van der Waals surface area contributed by atoms with Gasteiger partial charge < -0.3 is 9.47 Å². The molecular weight excluding hydrogens is 408 g/mol. The summed E-state index contributed by atoms with van der Waals surface area (Å²) in [6, 6.07) is 11.7. The lowest BCUT2D eigenvalue weighted by Crippen LogP contribution is -2.09. The van der Waals surface area contributed by atoms with Crippen LogP contribution in [0.15, 0.2) is 36.4 Å². The van der Waals surface area contributed by atoms with Gasteiger partial charge in [0.15, 0.2) is 0 Å². The Hall–Kier alpha value is -2.03. The molecule has 0 bridgehead atoms. The first-order valence-electron chi connectivity index (χ1n) is 13.4. The molecule has 0 fully saturated rings. The van der Waals surface area contributed by atoms with Gasteiger partial charge in [0.05, 0.1) is 13.7 Å². The molecule has 3 nitrogen and oxygen atoms in total. The van der Waals surface area contributed by atoms with Crippen LogP contribution in [0.5, 0.6) is 5.75 Å². The third-order valence-electron chi connectivity index (χ3n) is 6.47. The molecule has 2 rings (SSSR count). The Kier molecular flexibility index (Phi) is 13.7. The van der Waals surface area contributed by atoms with E-state index in [1.807, 2.05) is 36.4 Å². The number of ether oxygens (including phenoxy) is 2. The minimum absolute atomic E-state index is 0.288. The van der Waals surface area contributed by atoms with Crippen molar-refractivity contribution in [2.45, 2.75) is 104 Å². The first kappa shape index (κ1) is 27.2. The van der Waals surface area contributed by atoms with Gasteiger partial charge in [0.25, 0.3) is 0 Å². The van der Waals surface area contributed by atoms with Crippen LogP contribution in [0.1, 0.15) is 114 Å². The second-order valence-electron chi connectivity index (χ2n) is 9.78. The first-order chi connectivity index (χ1) is 16.1. The Bertz CT molecular complexity index is 796. The zero-order valence-electron chi connectivity index (χ0n) is 21.4. The van der Waals surface area contributed by atoms with Crippen LogP contribution in [-0.4, -0.2) is 19.7 Å². The fourth-order valence-corrected chi connectivity index (χ4v) is 4.47. The van der Waals surface area contributed by atoms with Crippen LogP contribution in [0.2, 0.25) is 0 Å². The number of benzene rings is 2. The Morgan fingerprint density at radius 3 is 1.85 bits per heavy atom. The Morgan fingerprint density at radius 1 is 0.727 bits per heavy atom. The van der Waals surface area contributed by atoms with Gasteiger partial charge in [-0.25, -0.2) is 4.79 Å². The summed E-state index contributed by atoms with van der Waals surface area (Å²) >= 11 is 0. The number of esters is 1. The average molecular weight is 455 g/mol. The maximum absolute atomic E-state index is 12.7. The molecule has 0 atom stereocenters. The second kappa shape index (κ2) is 16.6. The molecule has 0 saturated heterocycles. The zero-order valence-corrected chi connectivity index (χ0v) is 21.4. The van der Waals surface area contributed by atoms with Crippen LogP contribution < -0.4 is 4.74 Å². The molecule has 0 amide bonds. The van der Waals surface area contributed by atoms with Crippen molar-refractivity contribution < 1.29 is 14.3 Å². The predicted octanol–water partition coefficient (Wildman–Crippen LogP) is 9.12. The highest BCUT2D eigenvalue weighted by Crippen LogP contribution is 2.28. The summed E-state index contributed by atoms with van der Waals surface area (Å²) in [6.07, 6.45) is 18.5. The van der Waals surface area contributed by atoms with Gasteiger partial charge in [-0.3, -0.25) is 0 Å². The van der Waals surface area contributed by atoms with Gasteiger partial charge in [0.1, 0.15) is 11.3 Å². The van der Waals surface area contributed by atoms with Crippen molar-refractivity contribution in [3.05, 3.63) is 42.0 Å². The van der Waals surface area contributed by atoms with Crippen LogP contribution in [0, 0.1) is 5.92 Å². The van der Waals surface area contributed by atoms with Gasteiger partial charge in [-0.2, -0.15) is 0 Å². The van der Waals surface area contributed by atoms with E-state index in [-0.39, 0.29) is 5.97 Å². The summed E-state index contributed by atoms with van der Waals surface area (Å²) in [5, 5.41) is 1.90. The third-order valence-corrected chi connectivity index (χ3v) is 6.47. The maximum Gasteiger partial charge on any atom is 0.342 e. The van der Waals surface area contributed by atoms with Gasteiger partial charge >= 0.3 is 5.97 Å². The smallest absolute Gasteiger partial charge is 0.342 e. The minimum Gasteiger partial charge on any atom is -0.496 e. The largest absolute Gasteiger partial charge is 0.496 e. The molecule has 0 spiro atoms. The second-order valence-corrected chi connectivity index (χ2v) is 9.78. The van der Waals surface area contributed by atoms with E-state index in [1.54, 1.807) is 7.11 Å². The lowest BCUT2D eigenvalue weighted by atomic mass is 10.0. The van der Waals surface area contributed by atoms with E-state index < -0.39 is 0 Å². The normalized spacial score (nSPS) is 11.3. The highest BCUT2D eigenvalue weighted by atomic mass is 16.5. The van der Waals surface area contributed by atoms with Crippen molar-refractivity contribution in [3.8, 4) is 5.75 Å². The molecule has 0 N–H and O–H groups in total. The van der Waals surface area contributed by atoms with Crippen LogP contribution in [-0.2, 0) is 4.74 Å². The lowest BCUT2D eigenvalue weighted by Gasteiger charge is -2.12. The van der Waals surface area contributed by atoms with E-state index in [0.29, 0.717) is 17.9 Å². The molecular formula is C30H46O3. The summed E-state index contributed by atoms with van der Waals surface area (Å²) in [7, 11) is 1.59. The highest BCUT2D eigenvalue weighted by molar-refractivity contribution is 6.07. The van der Waals surface area contributed by atoms with Gasteiger partial charge in [-0.15, -0.1) is 0 Å². The molecule has 0 saturated carbocycles. The molecule has 184 valence electrons. The molecule has 0 aliphatic rings. The molecule has 0 heterocycles. The fourth-order valence-electron chi connectivity index (χ4n) is 4.47. The molecule has 0 radical (unpaired) electrons. The number of carbonyl (C=O) groups excluding carboxylic acids is 1. The number of carbonyl (C=O) groups is 1. The number of fused-ring (bicyclic) bond motifs is 1. The van der Waals surface area contributed by atoms with E-state index in [2.05, 4.69) is 13.8 Å². The highest BCUT2D eigenvalue weighted by Gasteiger charge is 2.17.